The van der Waals surface area contributed by atoms with Crippen molar-refractivity contribution >= 4 is 33.9 Å². The number of unbranched alkanes of at least 4 members (excludes halogenated alkanes) is 6. The maximum atomic E-state index is 15.2. The third-order valence-electron chi connectivity index (χ3n) is 11.8. The van der Waals surface area contributed by atoms with Gasteiger partial charge in [0.2, 0.25) is 11.8 Å². The predicted molar refractivity (Wildman–Crippen MR) is 215 cm³/mol. The molecule has 312 valence electrons. The summed E-state index contributed by atoms with van der Waals surface area (Å²) in [4.78, 5) is 31.8. The second-order valence-electron chi connectivity index (χ2n) is 16.3. The van der Waals surface area contributed by atoms with Gasteiger partial charge in [-0.25, -0.2) is 9.37 Å². The molecule has 1 saturated carbocycles. The lowest BCUT2D eigenvalue weighted by Crippen LogP contribution is -2.42. The molecule has 0 bridgehead atoms. The summed E-state index contributed by atoms with van der Waals surface area (Å²) in [5, 5.41) is 1.16. The Morgan fingerprint density at radius 1 is 1.02 bits per heavy atom. The normalized spacial score (nSPS) is 17.7. The fraction of sp³-hybridized carbons (Fsp3) is 0.591. The minimum Gasteiger partial charge on any atom is -0.475 e. The molecule has 0 unspecified atom stereocenters. The second-order valence-corrected chi connectivity index (χ2v) is 16.3. The van der Waals surface area contributed by atoms with E-state index in [1.807, 2.05) is 4.57 Å². The number of fused-ring (bicyclic) bond motifs is 2. The van der Waals surface area contributed by atoms with Gasteiger partial charge in [0, 0.05) is 43.5 Å². The third-order valence-corrected chi connectivity index (χ3v) is 11.8. The lowest BCUT2D eigenvalue weighted by molar-refractivity contribution is -0.185. The molecule has 1 aliphatic carbocycles. The van der Waals surface area contributed by atoms with E-state index < -0.39 is 17.9 Å². The summed E-state index contributed by atoms with van der Waals surface area (Å²) in [6, 6.07) is 6.41. The Kier molecular flexibility index (Phi) is 13.4. The van der Waals surface area contributed by atoms with Crippen molar-refractivity contribution in [3.8, 4) is 24.0 Å². The molecule has 3 aliphatic rings. The highest BCUT2D eigenvalue weighted by molar-refractivity contribution is 5.93. The van der Waals surface area contributed by atoms with Crippen molar-refractivity contribution in [3.05, 3.63) is 47.5 Å². The van der Waals surface area contributed by atoms with Crippen LogP contribution >= 0.6 is 0 Å². The summed E-state index contributed by atoms with van der Waals surface area (Å²) in [6.07, 6.45) is 14.1. The molecule has 2 aromatic carbocycles. The van der Waals surface area contributed by atoms with Crippen molar-refractivity contribution in [1.82, 2.24) is 24.4 Å². The van der Waals surface area contributed by atoms with E-state index in [4.69, 9.17) is 35.6 Å². The van der Waals surface area contributed by atoms with Gasteiger partial charge >= 0.3 is 12.1 Å². The maximum Gasteiger partial charge on any atom is 0.391 e. The first-order valence-electron chi connectivity index (χ1n) is 21.0. The number of hydrogen-bond acceptors (Lipinski definition) is 9. The number of likely N-dealkylation sites (tertiary alicyclic amines) is 1. The summed E-state index contributed by atoms with van der Waals surface area (Å²) >= 11 is 0. The van der Waals surface area contributed by atoms with E-state index in [-0.39, 0.29) is 36.3 Å². The first-order chi connectivity index (χ1) is 28.1. The van der Waals surface area contributed by atoms with Crippen molar-refractivity contribution in [2.75, 3.05) is 57.4 Å². The molecule has 2 aliphatic heterocycles. The van der Waals surface area contributed by atoms with Crippen LogP contribution in [-0.4, -0.2) is 89.1 Å². The largest absolute Gasteiger partial charge is 0.475 e. The number of rotatable bonds is 17. The third kappa shape index (κ3) is 10.2. The van der Waals surface area contributed by atoms with Gasteiger partial charge in [0.05, 0.1) is 37.6 Å². The average molecular weight is 807 g/mol. The molecule has 4 heterocycles. The van der Waals surface area contributed by atoms with Crippen molar-refractivity contribution in [1.29, 1.82) is 0 Å². The molecule has 2 aromatic heterocycles. The molecule has 58 heavy (non-hydrogen) atoms. The molecular weight excluding hydrogens is 753 g/mol. The number of esters is 1. The van der Waals surface area contributed by atoms with E-state index in [1.165, 1.54) is 25.3 Å². The Morgan fingerprint density at radius 3 is 2.53 bits per heavy atom. The van der Waals surface area contributed by atoms with Gasteiger partial charge in [0.25, 0.3) is 0 Å². The zero-order chi connectivity index (χ0) is 40.7. The van der Waals surface area contributed by atoms with E-state index in [0.29, 0.717) is 104 Å². The topological polar surface area (TPSA) is 94.8 Å². The fourth-order valence-electron chi connectivity index (χ4n) is 8.27. The number of halogens is 4. The smallest absolute Gasteiger partial charge is 0.391 e. The number of anilines is 1. The molecule has 3 fully saturated rings. The minimum absolute atomic E-state index is 0.110. The van der Waals surface area contributed by atoms with Gasteiger partial charge in [0.1, 0.15) is 11.6 Å². The van der Waals surface area contributed by atoms with Gasteiger partial charge in [0.15, 0.2) is 11.2 Å². The molecule has 0 N–H and O–H groups in total. The van der Waals surface area contributed by atoms with Crippen LogP contribution in [0.1, 0.15) is 102 Å². The number of aromatic nitrogens is 4. The second kappa shape index (κ2) is 18.6. The van der Waals surface area contributed by atoms with E-state index in [9.17, 15) is 18.0 Å². The number of ether oxygens (including phenoxy) is 3. The Bertz CT molecular complexity index is 2080. The van der Waals surface area contributed by atoms with Crippen LogP contribution in [0.4, 0.5) is 23.5 Å². The number of piperidine rings is 1. The first kappa shape index (κ1) is 41.7. The fourth-order valence-corrected chi connectivity index (χ4v) is 8.27. The van der Waals surface area contributed by atoms with Crippen molar-refractivity contribution in [3.63, 3.8) is 0 Å². The minimum atomic E-state index is -4.15. The van der Waals surface area contributed by atoms with Gasteiger partial charge in [-0.2, -0.15) is 23.1 Å². The summed E-state index contributed by atoms with van der Waals surface area (Å²) in [7, 11) is 0. The zero-order valence-electron chi connectivity index (χ0n) is 33.4. The van der Waals surface area contributed by atoms with E-state index in [0.717, 1.165) is 44.9 Å². The quantitative estimate of drug-likeness (QED) is 0.0341. The molecule has 14 heteroatoms. The number of imidazole rings is 1. The lowest BCUT2D eigenvalue weighted by Gasteiger charge is -2.35. The summed E-state index contributed by atoms with van der Waals surface area (Å²) in [5.74, 6) is 1.55. The van der Waals surface area contributed by atoms with E-state index in [1.54, 1.807) is 24.5 Å². The number of carbonyl (C=O) groups excluding carboxylic acids is 1. The van der Waals surface area contributed by atoms with Crippen LogP contribution in [-0.2, 0) is 16.1 Å². The molecule has 0 atom stereocenters. The molecule has 0 radical (unpaired) electrons. The zero-order valence-corrected chi connectivity index (χ0v) is 33.4. The van der Waals surface area contributed by atoms with Crippen LogP contribution in [0.3, 0.4) is 0 Å². The molecule has 4 aromatic rings. The van der Waals surface area contributed by atoms with Gasteiger partial charge in [-0.1, -0.05) is 57.4 Å². The van der Waals surface area contributed by atoms with Crippen LogP contribution in [0, 0.1) is 29.5 Å². The number of terminal acetylenes is 1. The highest BCUT2D eigenvalue weighted by Gasteiger charge is 2.47. The average Bonchev–Trinajstić information content (AvgIpc) is 3.93. The predicted octanol–water partition coefficient (Wildman–Crippen LogP) is 8.85. The molecule has 2 saturated heterocycles. The SMILES string of the molecule is C#Cc1c(F)ccc2cc(OC(=O)CCCCCCCCC)cc(Cn3cnc4c(OCC5(CN6CCC(C(F)(F)F)CC6)CC5)nc(N5CCCOCC5)nc43)c12. The van der Waals surface area contributed by atoms with Gasteiger partial charge in [-0.05, 0) is 80.8 Å². The van der Waals surface area contributed by atoms with Gasteiger partial charge in [-0.15, -0.1) is 6.42 Å². The number of carbonyl (C=O) groups is 1. The van der Waals surface area contributed by atoms with Crippen LogP contribution in [0.5, 0.6) is 11.6 Å². The molecular formula is C44H54F4N6O4. The first-order valence-corrected chi connectivity index (χ1v) is 21.0. The van der Waals surface area contributed by atoms with Crippen LogP contribution in [0.25, 0.3) is 21.9 Å². The molecule has 0 amide bonds. The number of nitrogens with zero attached hydrogens (tertiary/aromatic N) is 6. The van der Waals surface area contributed by atoms with Gasteiger partial charge < -0.3 is 28.6 Å². The van der Waals surface area contributed by atoms with Crippen LogP contribution < -0.4 is 14.4 Å². The highest BCUT2D eigenvalue weighted by Crippen LogP contribution is 2.48. The highest BCUT2D eigenvalue weighted by atomic mass is 19.4. The number of hydrogen-bond donors (Lipinski definition) is 0. The Labute approximate surface area is 337 Å². The summed E-state index contributed by atoms with van der Waals surface area (Å²) < 4.78 is 75.1. The molecule has 7 rings (SSSR count). The summed E-state index contributed by atoms with van der Waals surface area (Å²) in [6.45, 7) is 6.60. The molecule has 10 nitrogen and oxygen atoms in total. The van der Waals surface area contributed by atoms with Crippen LogP contribution in [0.15, 0.2) is 30.6 Å². The van der Waals surface area contributed by atoms with Crippen molar-refractivity contribution in [2.24, 2.45) is 11.3 Å². The standard InChI is InChI=1S/C44H54F4N6O4/c1-3-5-6-7-8-9-10-12-37(55)58-34-25-31-13-14-36(45)35(4-2)38(31)32(26-34)27-54-30-49-39-40(54)50-42(53-19-11-23-56-24-22-53)51-41(39)57-29-43(17-18-43)28-52-20-15-33(16-21-52)44(46,47)48/h2,13-14,25-26,30,33H,3,5-12,15-24,27-29H2,1H3. The maximum absolute atomic E-state index is 15.2. The Hall–Kier alpha value is -4.48. The Balaban J connectivity index is 1.14. The lowest BCUT2D eigenvalue weighted by atomic mass is 9.95. The van der Waals surface area contributed by atoms with Crippen molar-refractivity contribution in [2.45, 2.75) is 103 Å². The summed E-state index contributed by atoms with van der Waals surface area (Å²) in [5.41, 5.74) is 1.50. The van der Waals surface area contributed by atoms with E-state index in [2.05, 4.69) is 22.6 Å². The van der Waals surface area contributed by atoms with Crippen LogP contribution in [0.2, 0.25) is 0 Å². The number of benzene rings is 2. The molecule has 0 spiro atoms. The monoisotopic (exact) mass is 806 g/mol. The Morgan fingerprint density at radius 2 is 1.79 bits per heavy atom. The van der Waals surface area contributed by atoms with Crippen molar-refractivity contribution < 1.29 is 36.6 Å². The van der Waals surface area contributed by atoms with Gasteiger partial charge in [-0.3, -0.25) is 4.79 Å². The number of alkyl halides is 3. The van der Waals surface area contributed by atoms with E-state index >= 15 is 4.39 Å².